The number of benzene rings is 2. The molecule has 7 heteroatoms. The first-order valence-electron chi connectivity index (χ1n) is 11.0. The van der Waals surface area contributed by atoms with Crippen LogP contribution in [0.5, 0.6) is 0 Å². The number of carboxylic acids is 1. The van der Waals surface area contributed by atoms with Gasteiger partial charge in [0.15, 0.2) is 6.67 Å². The number of nitrogens with zero attached hydrogens (tertiary/aromatic N) is 1. The van der Waals surface area contributed by atoms with Gasteiger partial charge in [-0.15, -0.1) is 11.8 Å². The zero-order valence-electron chi connectivity index (χ0n) is 17.3. The summed E-state index contributed by atoms with van der Waals surface area (Å²) in [6, 6.07) is 19.6. The summed E-state index contributed by atoms with van der Waals surface area (Å²) in [7, 11) is 0. The molecular weight excluding hydrogens is 412 g/mol. The Morgan fingerprint density at radius 2 is 1.65 bits per heavy atom. The molecule has 0 bridgehead atoms. The van der Waals surface area contributed by atoms with Gasteiger partial charge >= 0.3 is 5.97 Å². The summed E-state index contributed by atoms with van der Waals surface area (Å²) in [5.74, 6) is -0.982. The summed E-state index contributed by atoms with van der Waals surface area (Å²) < 4.78 is 5.08. The van der Waals surface area contributed by atoms with Crippen LogP contribution in [-0.4, -0.2) is 68.9 Å². The van der Waals surface area contributed by atoms with Gasteiger partial charge in [0, 0.05) is 11.7 Å². The molecule has 7 atom stereocenters. The zero-order valence-corrected chi connectivity index (χ0v) is 18.2. The molecule has 3 aliphatic heterocycles. The second kappa shape index (κ2) is 8.56. The van der Waals surface area contributed by atoms with Crippen LogP contribution in [-0.2, 0) is 22.4 Å². The Morgan fingerprint density at radius 3 is 2.16 bits per heavy atom. The quantitative estimate of drug-likeness (QED) is 0.574. The molecule has 0 amide bonds. The SMILES string of the molecule is O=C(O)C(C1CCO1)[N+]1(O)CNC2C(Cc3ccccc3)SC(Cc3ccccc3)C21. The molecule has 3 aliphatic rings. The van der Waals surface area contributed by atoms with Gasteiger partial charge in [0.25, 0.3) is 0 Å². The van der Waals surface area contributed by atoms with Crippen molar-refractivity contribution in [2.24, 2.45) is 0 Å². The second-order valence-corrected chi connectivity index (χ2v) is 10.3. The van der Waals surface area contributed by atoms with Crippen molar-refractivity contribution in [3.8, 4) is 0 Å². The third-order valence-corrected chi connectivity index (χ3v) is 8.58. The van der Waals surface area contributed by atoms with Gasteiger partial charge in [0.1, 0.15) is 12.1 Å². The number of rotatable bonds is 7. The fourth-order valence-corrected chi connectivity index (χ4v) is 7.47. The first kappa shape index (κ1) is 21.0. The number of hydroxylamine groups is 3. The highest BCUT2D eigenvalue weighted by Crippen LogP contribution is 2.47. The highest BCUT2D eigenvalue weighted by molar-refractivity contribution is 8.00. The predicted octanol–water partition coefficient (Wildman–Crippen LogP) is 2.70. The Balaban J connectivity index is 1.46. The van der Waals surface area contributed by atoms with Crippen molar-refractivity contribution in [3.63, 3.8) is 0 Å². The van der Waals surface area contributed by atoms with Crippen molar-refractivity contribution in [3.05, 3.63) is 71.8 Å². The zero-order chi connectivity index (χ0) is 21.4. The highest BCUT2D eigenvalue weighted by Gasteiger charge is 2.66. The number of carbonyl (C=O) groups is 1. The van der Waals surface area contributed by atoms with Crippen LogP contribution in [0.2, 0.25) is 0 Å². The lowest BCUT2D eigenvalue weighted by molar-refractivity contribution is -1.12. The van der Waals surface area contributed by atoms with Crippen LogP contribution in [0, 0.1) is 0 Å². The molecule has 0 aromatic heterocycles. The topological polar surface area (TPSA) is 78.8 Å². The van der Waals surface area contributed by atoms with E-state index >= 15 is 0 Å². The number of quaternary nitrogens is 1. The van der Waals surface area contributed by atoms with Gasteiger partial charge in [-0.05, 0) is 24.0 Å². The van der Waals surface area contributed by atoms with Crippen molar-refractivity contribution in [1.29, 1.82) is 0 Å². The summed E-state index contributed by atoms with van der Waals surface area (Å²) in [6.45, 7) is 0.804. The van der Waals surface area contributed by atoms with E-state index in [1.807, 2.05) is 36.0 Å². The Kier molecular flexibility index (Phi) is 5.79. The second-order valence-electron chi connectivity index (χ2n) is 8.84. The molecule has 0 saturated carbocycles. The number of fused-ring (bicyclic) bond motifs is 1. The summed E-state index contributed by atoms with van der Waals surface area (Å²) >= 11 is 1.89. The van der Waals surface area contributed by atoms with Gasteiger partial charge in [-0.1, -0.05) is 60.7 Å². The Labute approximate surface area is 186 Å². The van der Waals surface area contributed by atoms with E-state index in [1.165, 1.54) is 11.1 Å². The van der Waals surface area contributed by atoms with E-state index in [0.29, 0.717) is 13.0 Å². The largest absolute Gasteiger partial charge is 0.477 e. The molecule has 5 rings (SSSR count). The van der Waals surface area contributed by atoms with Crippen LogP contribution < -0.4 is 5.32 Å². The maximum Gasteiger partial charge on any atom is 0.368 e. The minimum Gasteiger partial charge on any atom is -0.477 e. The van der Waals surface area contributed by atoms with E-state index in [4.69, 9.17) is 4.74 Å². The van der Waals surface area contributed by atoms with Crippen LogP contribution in [0.25, 0.3) is 0 Å². The van der Waals surface area contributed by atoms with Crippen LogP contribution in [0.15, 0.2) is 60.7 Å². The average Bonchev–Trinajstić information content (AvgIpc) is 3.25. The van der Waals surface area contributed by atoms with E-state index in [9.17, 15) is 15.1 Å². The minimum absolute atomic E-state index is 0.0471. The van der Waals surface area contributed by atoms with Crippen LogP contribution in [0.3, 0.4) is 0 Å². The molecule has 0 spiro atoms. The molecule has 3 N–H and O–H groups in total. The lowest BCUT2D eigenvalue weighted by Crippen LogP contribution is -2.68. The molecule has 31 heavy (non-hydrogen) atoms. The van der Waals surface area contributed by atoms with E-state index in [1.54, 1.807) is 0 Å². The molecule has 3 fully saturated rings. The molecule has 3 heterocycles. The number of ether oxygens (including phenoxy) is 1. The maximum atomic E-state index is 12.3. The van der Waals surface area contributed by atoms with Gasteiger partial charge in [-0.2, -0.15) is 4.65 Å². The third-order valence-electron chi connectivity index (χ3n) is 6.98. The molecule has 0 aliphatic carbocycles. The molecular formula is C24H29N2O4S+. The van der Waals surface area contributed by atoms with Crippen molar-refractivity contribution < 1.29 is 24.5 Å². The Bertz CT molecular complexity index is 910. The monoisotopic (exact) mass is 441 g/mol. The van der Waals surface area contributed by atoms with Gasteiger partial charge in [0.2, 0.25) is 6.04 Å². The molecule has 164 valence electrons. The predicted molar refractivity (Wildman–Crippen MR) is 119 cm³/mol. The first-order chi connectivity index (χ1) is 15.1. The molecule has 0 radical (unpaired) electrons. The summed E-state index contributed by atoms with van der Waals surface area (Å²) in [5.41, 5.74) is 2.48. The van der Waals surface area contributed by atoms with Crippen molar-refractivity contribution in [1.82, 2.24) is 5.32 Å². The summed E-state index contributed by atoms with van der Waals surface area (Å²) in [4.78, 5) is 12.3. The molecule has 2 aromatic rings. The van der Waals surface area contributed by atoms with Gasteiger partial charge in [0.05, 0.1) is 17.9 Å². The maximum absolute atomic E-state index is 12.3. The first-order valence-corrected chi connectivity index (χ1v) is 11.9. The van der Waals surface area contributed by atoms with Crippen molar-refractivity contribution in [2.75, 3.05) is 13.3 Å². The lowest BCUT2D eigenvalue weighted by Gasteiger charge is -2.42. The van der Waals surface area contributed by atoms with Crippen LogP contribution >= 0.6 is 11.8 Å². The third kappa shape index (κ3) is 3.90. The average molecular weight is 442 g/mol. The summed E-state index contributed by atoms with van der Waals surface area (Å²) in [6.07, 6.45) is 1.94. The van der Waals surface area contributed by atoms with E-state index in [0.717, 1.165) is 12.8 Å². The number of thioether (sulfide) groups is 1. The Hall–Kier alpha value is -1.90. The lowest BCUT2D eigenvalue weighted by atomic mass is 9.92. The smallest absolute Gasteiger partial charge is 0.368 e. The number of carboxylic acid groups (broad SMARTS) is 1. The molecule has 3 saturated heterocycles. The van der Waals surface area contributed by atoms with Crippen LogP contribution in [0.4, 0.5) is 0 Å². The van der Waals surface area contributed by atoms with E-state index < -0.39 is 22.8 Å². The van der Waals surface area contributed by atoms with Crippen LogP contribution in [0.1, 0.15) is 17.5 Å². The molecule has 2 aromatic carbocycles. The van der Waals surface area contributed by atoms with Gasteiger partial charge in [-0.25, -0.2) is 10.0 Å². The molecule has 6 nitrogen and oxygen atoms in total. The van der Waals surface area contributed by atoms with Crippen molar-refractivity contribution in [2.45, 2.75) is 54.0 Å². The molecule has 7 unspecified atom stereocenters. The summed E-state index contributed by atoms with van der Waals surface area (Å²) in [5, 5.41) is 25.8. The van der Waals surface area contributed by atoms with E-state index in [-0.39, 0.29) is 29.3 Å². The highest BCUT2D eigenvalue weighted by atomic mass is 32.2. The van der Waals surface area contributed by atoms with Gasteiger partial charge < -0.3 is 9.84 Å². The Morgan fingerprint density at radius 1 is 1.06 bits per heavy atom. The standard InChI is InChI=1S/C24H28N2O4S/c27-24(28)22(18-11-12-30-18)26(29)15-25-21-19(13-16-7-3-1-4-8-16)31-20(23(21)26)14-17-9-5-2-6-10-17/h1-10,18-23,25,29H,11-15H2/p+1. The number of aliphatic carboxylic acids is 1. The number of hydrogen-bond donors (Lipinski definition) is 3. The number of nitrogens with one attached hydrogen (secondary N) is 1. The normalized spacial score (nSPS) is 35.3. The van der Waals surface area contributed by atoms with E-state index in [2.05, 4.69) is 41.7 Å². The van der Waals surface area contributed by atoms with Crippen molar-refractivity contribution >= 4 is 17.7 Å². The minimum atomic E-state index is -0.982. The fraction of sp³-hybridized carbons (Fsp3) is 0.458. The number of hydrogen-bond acceptors (Lipinski definition) is 5. The van der Waals surface area contributed by atoms with Gasteiger partial charge in [-0.3, -0.25) is 5.32 Å². The fourth-order valence-electron chi connectivity index (χ4n) is 5.48.